The highest BCUT2D eigenvalue weighted by Crippen LogP contribution is 2.29. The molecule has 0 atom stereocenters. The predicted molar refractivity (Wildman–Crippen MR) is 77.0 cm³/mol. The van der Waals surface area contributed by atoms with Gasteiger partial charge in [0.1, 0.15) is 5.75 Å². The van der Waals surface area contributed by atoms with Crippen LogP contribution in [0, 0.1) is 10.1 Å². The van der Waals surface area contributed by atoms with Crippen LogP contribution in [0.5, 0.6) is 11.6 Å². The molecule has 0 unspecified atom stereocenters. The Balaban J connectivity index is 2.10. The topological polar surface area (TPSA) is 109 Å². The summed E-state index contributed by atoms with van der Waals surface area (Å²) in [5, 5.41) is 13.4. The number of ether oxygens (including phenoxy) is 2. The first-order chi connectivity index (χ1) is 10.5. The molecule has 0 aliphatic carbocycles. The Bertz CT molecular complexity index is 680. The van der Waals surface area contributed by atoms with Crippen molar-refractivity contribution < 1.29 is 19.2 Å². The van der Waals surface area contributed by atoms with E-state index >= 15 is 0 Å². The van der Waals surface area contributed by atoms with E-state index < -0.39 is 11.0 Å². The van der Waals surface area contributed by atoms with Crippen LogP contribution in [0.4, 0.5) is 16.3 Å². The Labute approximate surface area is 125 Å². The number of nitro groups is 1. The molecule has 1 heterocycles. The molecular weight excluding hydrogens is 292 g/mol. The number of aromatic nitrogens is 2. The molecule has 0 spiro atoms. The van der Waals surface area contributed by atoms with Gasteiger partial charge < -0.3 is 19.6 Å². The van der Waals surface area contributed by atoms with E-state index in [1.54, 1.807) is 38.2 Å². The highest BCUT2D eigenvalue weighted by atomic mass is 16.6. The van der Waals surface area contributed by atoms with Crippen molar-refractivity contribution in [2.75, 3.05) is 11.9 Å². The van der Waals surface area contributed by atoms with E-state index in [0.717, 1.165) is 0 Å². The molecule has 0 bridgehead atoms. The fourth-order valence-electron chi connectivity index (χ4n) is 1.65. The maximum Gasteiger partial charge on any atom is 0.427 e. The molecule has 1 amide bonds. The number of nitrogens with zero attached hydrogens (tertiary/aromatic N) is 3. The smallest absolute Gasteiger partial charge is 0.427 e. The molecule has 0 saturated heterocycles. The number of anilines is 1. The highest BCUT2D eigenvalue weighted by Gasteiger charge is 2.22. The van der Waals surface area contributed by atoms with Crippen LogP contribution in [-0.4, -0.2) is 27.2 Å². The monoisotopic (exact) mass is 306 g/mol. The van der Waals surface area contributed by atoms with Crippen molar-refractivity contribution in [3.8, 4) is 11.6 Å². The second-order valence-corrected chi connectivity index (χ2v) is 4.21. The minimum Gasteiger partial charge on any atom is -0.450 e. The average molecular weight is 306 g/mol. The predicted octanol–water partition coefficient (Wildman–Crippen LogP) is 2.69. The third-order valence-electron chi connectivity index (χ3n) is 2.63. The first kappa shape index (κ1) is 15.3. The van der Waals surface area contributed by atoms with Crippen molar-refractivity contribution in [1.29, 1.82) is 0 Å². The summed E-state index contributed by atoms with van der Waals surface area (Å²) in [5.74, 6) is 0.0356. The SMILES string of the molecule is CCOC(=O)Nc1ccc(Oc2c([N+](=O)[O-])ncn2C)cc1. The van der Waals surface area contributed by atoms with E-state index in [1.165, 1.54) is 10.9 Å². The van der Waals surface area contributed by atoms with Crippen LogP contribution >= 0.6 is 0 Å². The fraction of sp³-hybridized carbons (Fsp3) is 0.231. The van der Waals surface area contributed by atoms with Crippen LogP contribution in [0.1, 0.15) is 6.92 Å². The number of hydrogen-bond acceptors (Lipinski definition) is 6. The number of aryl methyl sites for hydroxylation is 1. The second kappa shape index (κ2) is 6.57. The van der Waals surface area contributed by atoms with E-state index in [1.807, 2.05) is 0 Å². The third kappa shape index (κ3) is 3.51. The van der Waals surface area contributed by atoms with Gasteiger partial charge in [-0.3, -0.25) is 9.88 Å². The Morgan fingerprint density at radius 1 is 1.41 bits per heavy atom. The van der Waals surface area contributed by atoms with Crippen molar-refractivity contribution in [2.24, 2.45) is 7.05 Å². The van der Waals surface area contributed by atoms with Crippen LogP contribution in [0.15, 0.2) is 30.6 Å². The highest BCUT2D eigenvalue weighted by molar-refractivity contribution is 5.84. The van der Waals surface area contributed by atoms with Gasteiger partial charge in [-0.25, -0.2) is 4.79 Å². The molecular formula is C13H14N4O5. The van der Waals surface area contributed by atoms with Gasteiger partial charge in [-0.15, -0.1) is 0 Å². The zero-order valence-electron chi connectivity index (χ0n) is 12.0. The zero-order valence-corrected chi connectivity index (χ0v) is 12.0. The molecule has 1 aromatic carbocycles. The first-order valence-corrected chi connectivity index (χ1v) is 6.38. The van der Waals surface area contributed by atoms with Gasteiger partial charge in [-0.1, -0.05) is 0 Å². The summed E-state index contributed by atoms with van der Waals surface area (Å²) in [6, 6.07) is 6.32. The number of amides is 1. The summed E-state index contributed by atoms with van der Waals surface area (Å²) < 4.78 is 11.6. The molecule has 1 N–H and O–H groups in total. The summed E-state index contributed by atoms with van der Waals surface area (Å²) in [5.41, 5.74) is 0.519. The average Bonchev–Trinajstić information content (AvgIpc) is 2.83. The van der Waals surface area contributed by atoms with Gasteiger partial charge in [0.2, 0.25) is 6.33 Å². The van der Waals surface area contributed by atoms with Crippen molar-refractivity contribution in [3.63, 3.8) is 0 Å². The fourth-order valence-corrected chi connectivity index (χ4v) is 1.65. The Kier molecular flexibility index (Phi) is 4.57. The Hall–Kier alpha value is -3.10. The van der Waals surface area contributed by atoms with Crippen LogP contribution in [0.2, 0.25) is 0 Å². The standard InChI is InChI=1S/C13H14N4O5/c1-3-21-13(18)15-9-4-6-10(7-5-9)22-12-11(17(19)20)14-8-16(12)2/h4-8H,3H2,1-2H3,(H,15,18). The zero-order chi connectivity index (χ0) is 16.1. The van der Waals surface area contributed by atoms with E-state index in [-0.39, 0.29) is 18.3 Å². The second-order valence-electron chi connectivity index (χ2n) is 4.21. The van der Waals surface area contributed by atoms with Gasteiger partial charge in [0.15, 0.2) is 0 Å². The van der Waals surface area contributed by atoms with E-state index in [9.17, 15) is 14.9 Å². The lowest BCUT2D eigenvalue weighted by molar-refractivity contribution is -0.390. The lowest BCUT2D eigenvalue weighted by atomic mass is 10.3. The molecule has 0 fully saturated rings. The Morgan fingerprint density at radius 3 is 2.68 bits per heavy atom. The number of rotatable bonds is 5. The maximum atomic E-state index is 11.3. The normalized spacial score (nSPS) is 10.1. The molecule has 9 nitrogen and oxygen atoms in total. The number of carbonyl (C=O) groups is 1. The van der Waals surface area contributed by atoms with Gasteiger partial charge in [0.25, 0.3) is 0 Å². The largest absolute Gasteiger partial charge is 0.450 e. The van der Waals surface area contributed by atoms with Crippen molar-refractivity contribution in [2.45, 2.75) is 6.92 Å². The molecule has 22 heavy (non-hydrogen) atoms. The minimum atomic E-state index is -0.619. The van der Waals surface area contributed by atoms with Crippen molar-refractivity contribution >= 4 is 17.6 Å². The van der Waals surface area contributed by atoms with E-state index in [2.05, 4.69) is 10.3 Å². The molecule has 0 radical (unpaired) electrons. The molecule has 9 heteroatoms. The lowest BCUT2D eigenvalue weighted by Gasteiger charge is -2.07. The first-order valence-electron chi connectivity index (χ1n) is 6.38. The number of benzene rings is 1. The van der Waals surface area contributed by atoms with Gasteiger partial charge >= 0.3 is 17.8 Å². The van der Waals surface area contributed by atoms with Crippen LogP contribution in [0.25, 0.3) is 0 Å². The van der Waals surface area contributed by atoms with Gasteiger partial charge in [-0.2, -0.15) is 0 Å². The van der Waals surface area contributed by atoms with E-state index in [0.29, 0.717) is 11.4 Å². The van der Waals surface area contributed by atoms with Gasteiger partial charge in [0, 0.05) is 12.7 Å². The summed E-state index contributed by atoms with van der Waals surface area (Å²) in [4.78, 5) is 25.2. The van der Waals surface area contributed by atoms with Crippen molar-refractivity contribution in [1.82, 2.24) is 9.55 Å². The molecule has 1 aromatic heterocycles. The maximum absolute atomic E-state index is 11.3. The van der Waals surface area contributed by atoms with Gasteiger partial charge in [0.05, 0.1) is 6.61 Å². The quantitative estimate of drug-likeness (QED) is 0.672. The third-order valence-corrected chi connectivity index (χ3v) is 2.63. The minimum absolute atomic E-state index is 0.0242. The lowest BCUT2D eigenvalue weighted by Crippen LogP contribution is -2.13. The molecule has 0 aliphatic heterocycles. The molecule has 0 aliphatic rings. The Morgan fingerprint density at radius 2 is 2.09 bits per heavy atom. The number of imidazole rings is 1. The van der Waals surface area contributed by atoms with Gasteiger partial charge in [-0.05, 0) is 41.1 Å². The van der Waals surface area contributed by atoms with Crippen LogP contribution < -0.4 is 10.1 Å². The van der Waals surface area contributed by atoms with E-state index in [4.69, 9.17) is 9.47 Å². The summed E-state index contributed by atoms with van der Waals surface area (Å²) in [7, 11) is 1.59. The molecule has 116 valence electrons. The number of carbonyl (C=O) groups excluding carboxylic acids is 1. The van der Waals surface area contributed by atoms with Crippen LogP contribution in [-0.2, 0) is 11.8 Å². The summed E-state index contributed by atoms with van der Waals surface area (Å²) in [6.07, 6.45) is 0.739. The van der Waals surface area contributed by atoms with Crippen molar-refractivity contribution in [3.05, 3.63) is 40.7 Å². The molecule has 2 rings (SSSR count). The number of hydrogen-bond donors (Lipinski definition) is 1. The summed E-state index contributed by atoms with van der Waals surface area (Å²) >= 11 is 0. The van der Waals surface area contributed by atoms with Crippen LogP contribution in [0.3, 0.4) is 0 Å². The number of nitrogens with one attached hydrogen (secondary N) is 1. The summed E-state index contributed by atoms with van der Waals surface area (Å²) in [6.45, 7) is 1.98. The molecule has 2 aromatic rings. The molecule has 0 saturated carbocycles.